The molecule has 0 bridgehead atoms. The second-order valence-electron chi connectivity index (χ2n) is 2.54. The number of hydrogen-bond donors (Lipinski definition) is 0. The van der Waals surface area contributed by atoms with E-state index in [0.717, 1.165) is 0 Å². The van der Waals surface area contributed by atoms with Gasteiger partial charge in [0.25, 0.3) is 0 Å². The van der Waals surface area contributed by atoms with Crippen LogP contribution in [0.1, 0.15) is 4.88 Å². The van der Waals surface area contributed by atoms with E-state index in [-0.39, 0.29) is 0 Å². The number of nitrogens with zero attached hydrogens (tertiary/aromatic N) is 1. The first-order chi connectivity index (χ1) is 4.77. The summed E-state index contributed by atoms with van der Waals surface area (Å²) in [6, 6.07) is 4.37. The fraction of sp³-hybridized carbons (Fsp3) is 0.250. The molecule has 0 aliphatic rings. The van der Waals surface area contributed by atoms with Crippen LogP contribution in [0.25, 0.3) is 10.2 Å². The van der Waals surface area contributed by atoms with E-state index in [0.29, 0.717) is 0 Å². The van der Waals surface area contributed by atoms with Crippen molar-refractivity contribution in [3.05, 3.63) is 23.2 Å². The van der Waals surface area contributed by atoms with Crippen LogP contribution in [-0.4, -0.2) is 4.57 Å². The van der Waals surface area contributed by atoms with Gasteiger partial charge in [-0.05, 0) is 19.1 Å². The van der Waals surface area contributed by atoms with Gasteiger partial charge in [0.2, 0.25) is 0 Å². The minimum absolute atomic E-state index is 1.37. The molecule has 0 saturated carbocycles. The summed E-state index contributed by atoms with van der Waals surface area (Å²) in [7, 11) is 2.08. The van der Waals surface area contributed by atoms with Crippen molar-refractivity contribution in [2.45, 2.75) is 6.92 Å². The fourth-order valence-corrected chi connectivity index (χ4v) is 2.12. The molecule has 0 amide bonds. The van der Waals surface area contributed by atoms with Crippen molar-refractivity contribution in [2.75, 3.05) is 0 Å². The highest BCUT2D eigenvalue weighted by atomic mass is 32.1. The van der Waals surface area contributed by atoms with Gasteiger partial charge >= 0.3 is 0 Å². The fourth-order valence-electron chi connectivity index (χ4n) is 1.18. The minimum atomic E-state index is 1.37. The van der Waals surface area contributed by atoms with Crippen molar-refractivity contribution in [2.24, 2.45) is 7.05 Å². The third-order valence-electron chi connectivity index (χ3n) is 1.66. The molecule has 2 rings (SSSR count). The number of hydrogen-bond acceptors (Lipinski definition) is 1. The van der Waals surface area contributed by atoms with Crippen LogP contribution in [0.15, 0.2) is 18.3 Å². The molecule has 0 saturated heterocycles. The maximum atomic E-state index is 2.22. The molecule has 0 radical (unpaired) electrons. The lowest BCUT2D eigenvalue weighted by Gasteiger charge is -1.86. The molecule has 0 atom stereocenters. The van der Waals surface area contributed by atoms with Crippen molar-refractivity contribution in [3.63, 3.8) is 0 Å². The van der Waals surface area contributed by atoms with Gasteiger partial charge in [-0.1, -0.05) is 0 Å². The van der Waals surface area contributed by atoms with Crippen LogP contribution >= 0.6 is 11.3 Å². The van der Waals surface area contributed by atoms with E-state index < -0.39 is 0 Å². The molecule has 2 heteroatoms. The molecule has 0 aromatic carbocycles. The number of fused-ring (bicyclic) bond motifs is 1. The lowest BCUT2D eigenvalue weighted by atomic mass is 10.4. The van der Waals surface area contributed by atoms with Gasteiger partial charge in [0.15, 0.2) is 0 Å². The molecule has 1 nitrogen and oxygen atoms in total. The predicted molar refractivity (Wildman–Crippen MR) is 45.5 cm³/mol. The summed E-state index contributed by atoms with van der Waals surface area (Å²) in [4.78, 5) is 2.76. The van der Waals surface area contributed by atoms with Gasteiger partial charge in [-0.15, -0.1) is 11.3 Å². The predicted octanol–water partition coefficient (Wildman–Crippen LogP) is 2.55. The third-order valence-corrected chi connectivity index (χ3v) is 2.82. The second-order valence-corrected chi connectivity index (χ2v) is 3.78. The molecule has 0 spiro atoms. The van der Waals surface area contributed by atoms with E-state index >= 15 is 0 Å². The Labute approximate surface area is 63.9 Å². The first-order valence-corrected chi connectivity index (χ1v) is 4.10. The molecule has 2 aromatic rings. The van der Waals surface area contributed by atoms with Gasteiger partial charge in [-0.2, -0.15) is 0 Å². The SMILES string of the molecule is Cc1cc2ccn(C)c2s1. The average molecular weight is 151 g/mol. The normalized spacial score (nSPS) is 11.0. The molecule has 52 valence electrons. The first-order valence-electron chi connectivity index (χ1n) is 3.29. The van der Waals surface area contributed by atoms with E-state index in [1.165, 1.54) is 15.1 Å². The molecule has 2 heterocycles. The Morgan fingerprint density at radius 1 is 1.50 bits per heavy atom. The Bertz CT molecular complexity index is 356. The van der Waals surface area contributed by atoms with E-state index in [9.17, 15) is 0 Å². The molecule has 2 aromatic heterocycles. The zero-order chi connectivity index (χ0) is 7.14. The minimum Gasteiger partial charge on any atom is -0.342 e. The molecule has 0 aliphatic carbocycles. The van der Waals surface area contributed by atoms with Crippen LogP contribution in [0, 0.1) is 6.92 Å². The summed E-state index contributed by atoms with van der Waals surface area (Å²) in [5.74, 6) is 0. The summed E-state index contributed by atoms with van der Waals surface area (Å²) < 4.78 is 2.16. The van der Waals surface area contributed by atoms with Gasteiger partial charge in [-0.25, -0.2) is 0 Å². The van der Waals surface area contributed by atoms with E-state index in [1.54, 1.807) is 0 Å². The molecule has 0 aliphatic heterocycles. The average Bonchev–Trinajstić information content (AvgIpc) is 2.35. The first kappa shape index (κ1) is 5.98. The Balaban J connectivity index is 2.90. The Kier molecular flexibility index (Phi) is 1.11. The van der Waals surface area contributed by atoms with Crippen LogP contribution in [0.3, 0.4) is 0 Å². The molecular weight excluding hydrogens is 142 g/mol. The van der Waals surface area contributed by atoms with Crippen molar-refractivity contribution in [1.29, 1.82) is 0 Å². The van der Waals surface area contributed by atoms with Crippen molar-refractivity contribution in [1.82, 2.24) is 4.57 Å². The Morgan fingerprint density at radius 3 is 3.00 bits per heavy atom. The maximum absolute atomic E-state index is 2.22. The highest BCUT2D eigenvalue weighted by molar-refractivity contribution is 7.18. The molecule has 0 unspecified atom stereocenters. The smallest absolute Gasteiger partial charge is 0.102 e. The monoisotopic (exact) mass is 151 g/mol. The Morgan fingerprint density at radius 2 is 2.30 bits per heavy atom. The summed E-state index contributed by atoms with van der Waals surface area (Å²) in [6.45, 7) is 2.14. The topological polar surface area (TPSA) is 4.93 Å². The molecule has 0 N–H and O–H groups in total. The molecule has 0 fully saturated rings. The number of thiophene rings is 1. The summed E-state index contributed by atoms with van der Waals surface area (Å²) in [6.07, 6.45) is 2.10. The highest BCUT2D eigenvalue weighted by Gasteiger charge is 1.99. The van der Waals surface area contributed by atoms with Crippen molar-refractivity contribution >= 4 is 21.6 Å². The van der Waals surface area contributed by atoms with Crippen LogP contribution < -0.4 is 0 Å². The van der Waals surface area contributed by atoms with Gasteiger partial charge in [0.05, 0.1) is 0 Å². The summed E-state index contributed by atoms with van der Waals surface area (Å²) in [5.41, 5.74) is 0. The van der Waals surface area contributed by atoms with Crippen LogP contribution in [0.2, 0.25) is 0 Å². The molecular formula is C8H9NS. The van der Waals surface area contributed by atoms with Gasteiger partial charge in [-0.3, -0.25) is 0 Å². The molecule has 10 heavy (non-hydrogen) atoms. The third kappa shape index (κ3) is 0.688. The lowest BCUT2D eigenvalue weighted by Crippen LogP contribution is -1.78. The summed E-state index contributed by atoms with van der Waals surface area (Å²) in [5, 5.41) is 1.37. The van der Waals surface area contributed by atoms with Crippen LogP contribution in [-0.2, 0) is 7.05 Å². The maximum Gasteiger partial charge on any atom is 0.102 e. The van der Waals surface area contributed by atoms with Crippen LogP contribution in [0.4, 0.5) is 0 Å². The number of aryl methyl sites for hydroxylation is 2. The quantitative estimate of drug-likeness (QED) is 0.545. The largest absolute Gasteiger partial charge is 0.342 e. The van der Waals surface area contributed by atoms with E-state index in [2.05, 4.69) is 36.9 Å². The van der Waals surface area contributed by atoms with Crippen molar-refractivity contribution in [3.8, 4) is 0 Å². The van der Waals surface area contributed by atoms with E-state index in [1.807, 2.05) is 11.3 Å². The lowest BCUT2D eigenvalue weighted by molar-refractivity contribution is 0.978. The van der Waals surface area contributed by atoms with Crippen molar-refractivity contribution < 1.29 is 0 Å². The highest BCUT2D eigenvalue weighted by Crippen LogP contribution is 2.24. The zero-order valence-corrected chi connectivity index (χ0v) is 6.90. The van der Waals surface area contributed by atoms with E-state index in [4.69, 9.17) is 0 Å². The van der Waals surface area contributed by atoms with Gasteiger partial charge in [0, 0.05) is 23.5 Å². The Hall–Kier alpha value is -0.760. The second kappa shape index (κ2) is 1.86. The van der Waals surface area contributed by atoms with Crippen LogP contribution in [0.5, 0.6) is 0 Å². The zero-order valence-electron chi connectivity index (χ0n) is 6.09. The van der Waals surface area contributed by atoms with Gasteiger partial charge < -0.3 is 4.57 Å². The summed E-state index contributed by atoms with van der Waals surface area (Å²) >= 11 is 1.85. The number of rotatable bonds is 0. The standard InChI is InChI=1S/C8H9NS/c1-6-5-7-3-4-9(2)8(7)10-6/h3-5H,1-2H3. The number of aromatic nitrogens is 1. The van der Waals surface area contributed by atoms with Gasteiger partial charge in [0.1, 0.15) is 4.83 Å².